The lowest BCUT2D eigenvalue weighted by Crippen LogP contribution is -2.34. The number of amides is 2. The molecule has 1 aromatic carbocycles. The number of thioether (sulfide) groups is 1. The van der Waals surface area contributed by atoms with Crippen LogP contribution in [0.5, 0.6) is 0 Å². The van der Waals surface area contributed by atoms with Crippen molar-refractivity contribution in [1.29, 1.82) is 0 Å². The van der Waals surface area contributed by atoms with Crippen molar-refractivity contribution in [3.05, 3.63) is 40.6 Å². The number of thiocarbonyl (C=S) groups is 1. The number of carbonyl (C=O) groups is 3. The Labute approximate surface area is 153 Å². The lowest BCUT2D eigenvalue weighted by atomic mass is 10.2. The zero-order chi connectivity index (χ0) is 18.4. The number of hydrogen-bond acceptors (Lipinski definition) is 5. The second-order valence-electron chi connectivity index (χ2n) is 5.10. The highest BCUT2D eigenvalue weighted by Gasteiger charge is 2.32. The van der Waals surface area contributed by atoms with E-state index < -0.39 is 11.8 Å². The molecule has 0 aliphatic carbocycles. The van der Waals surface area contributed by atoms with Crippen molar-refractivity contribution in [3.8, 4) is 0 Å². The van der Waals surface area contributed by atoms with Gasteiger partial charge in [-0.25, -0.2) is 4.39 Å². The quantitative estimate of drug-likeness (QED) is 0.554. The number of carboxylic acid groups (broad SMARTS) is 1. The lowest BCUT2D eigenvalue weighted by molar-refractivity contribution is -0.136. The van der Waals surface area contributed by atoms with Crippen molar-refractivity contribution in [2.75, 3.05) is 13.1 Å². The van der Waals surface area contributed by atoms with Crippen molar-refractivity contribution in [2.24, 2.45) is 0 Å². The summed E-state index contributed by atoms with van der Waals surface area (Å²) in [6.07, 6.45) is 1.26. The molecule has 1 heterocycles. The smallest absolute Gasteiger partial charge is 0.305 e. The molecule has 0 saturated carbocycles. The summed E-state index contributed by atoms with van der Waals surface area (Å²) in [4.78, 5) is 36.0. The topological polar surface area (TPSA) is 86.7 Å². The van der Waals surface area contributed by atoms with Gasteiger partial charge in [0.25, 0.3) is 5.91 Å². The molecule has 0 spiro atoms. The molecule has 1 aromatic rings. The number of aliphatic carboxylic acids is 1. The van der Waals surface area contributed by atoms with E-state index in [9.17, 15) is 18.8 Å². The molecule has 25 heavy (non-hydrogen) atoms. The van der Waals surface area contributed by atoms with Gasteiger partial charge >= 0.3 is 5.97 Å². The fourth-order valence-electron chi connectivity index (χ4n) is 2.04. The van der Waals surface area contributed by atoms with Crippen LogP contribution in [0.1, 0.15) is 18.4 Å². The highest BCUT2D eigenvalue weighted by molar-refractivity contribution is 8.26. The second kappa shape index (κ2) is 8.72. The molecule has 9 heteroatoms. The molecule has 6 nitrogen and oxygen atoms in total. The van der Waals surface area contributed by atoms with Gasteiger partial charge in [-0.1, -0.05) is 42.2 Å². The average Bonchev–Trinajstić information content (AvgIpc) is 2.81. The van der Waals surface area contributed by atoms with Gasteiger partial charge in [-0.3, -0.25) is 19.3 Å². The fourth-order valence-corrected chi connectivity index (χ4v) is 3.34. The van der Waals surface area contributed by atoms with Crippen LogP contribution < -0.4 is 5.32 Å². The van der Waals surface area contributed by atoms with Crippen molar-refractivity contribution in [1.82, 2.24) is 10.2 Å². The van der Waals surface area contributed by atoms with Crippen LogP contribution in [0.3, 0.4) is 0 Å². The van der Waals surface area contributed by atoms with Crippen LogP contribution in [0.2, 0.25) is 0 Å². The first-order valence-electron chi connectivity index (χ1n) is 7.37. The Kier molecular flexibility index (Phi) is 6.65. The molecule has 2 rings (SSSR count). The van der Waals surface area contributed by atoms with Crippen molar-refractivity contribution in [2.45, 2.75) is 12.8 Å². The van der Waals surface area contributed by atoms with Crippen molar-refractivity contribution < 1.29 is 23.9 Å². The van der Waals surface area contributed by atoms with Crippen molar-refractivity contribution in [3.63, 3.8) is 0 Å². The van der Waals surface area contributed by atoms with E-state index in [0.29, 0.717) is 9.23 Å². The predicted molar refractivity (Wildman–Crippen MR) is 96.2 cm³/mol. The maximum atomic E-state index is 13.7. The van der Waals surface area contributed by atoms with E-state index in [1.165, 1.54) is 17.0 Å². The van der Waals surface area contributed by atoms with E-state index in [4.69, 9.17) is 17.3 Å². The minimum absolute atomic E-state index is 0.000955. The number of carbonyl (C=O) groups excluding carboxylic acids is 2. The number of rotatable bonds is 7. The van der Waals surface area contributed by atoms with E-state index in [-0.39, 0.29) is 43.3 Å². The van der Waals surface area contributed by atoms with Crippen LogP contribution in [0, 0.1) is 5.82 Å². The van der Waals surface area contributed by atoms with Gasteiger partial charge in [0.2, 0.25) is 5.91 Å². The molecule has 0 radical (unpaired) electrons. The highest BCUT2D eigenvalue weighted by Crippen LogP contribution is 2.32. The van der Waals surface area contributed by atoms with Gasteiger partial charge in [-0.15, -0.1) is 0 Å². The van der Waals surface area contributed by atoms with E-state index in [2.05, 4.69) is 5.32 Å². The van der Waals surface area contributed by atoms with Gasteiger partial charge < -0.3 is 10.4 Å². The van der Waals surface area contributed by atoms with E-state index in [0.717, 1.165) is 11.8 Å². The third kappa shape index (κ3) is 5.36. The number of carboxylic acids is 1. The summed E-state index contributed by atoms with van der Waals surface area (Å²) in [6, 6.07) is 6.07. The number of nitrogens with one attached hydrogen (secondary N) is 1. The van der Waals surface area contributed by atoms with E-state index in [1.54, 1.807) is 18.2 Å². The minimum atomic E-state index is -1.00. The number of nitrogens with zero attached hydrogens (tertiary/aromatic N) is 1. The third-order valence-corrected chi connectivity index (χ3v) is 4.67. The summed E-state index contributed by atoms with van der Waals surface area (Å²) in [5.74, 6) is -2.19. The second-order valence-corrected chi connectivity index (χ2v) is 6.77. The Hall–Kier alpha value is -2.26. The summed E-state index contributed by atoms with van der Waals surface area (Å²) in [6.45, 7) is 0.109. The van der Waals surface area contributed by atoms with Gasteiger partial charge in [0, 0.05) is 25.1 Å². The van der Waals surface area contributed by atoms with E-state index in [1.807, 2.05) is 0 Å². The summed E-state index contributed by atoms with van der Waals surface area (Å²) in [5, 5.41) is 11.0. The molecule has 2 amide bonds. The third-order valence-electron chi connectivity index (χ3n) is 3.29. The Morgan fingerprint density at radius 1 is 1.32 bits per heavy atom. The van der Waals surface area contributed by atoms with Crippen molar-refractivity contribution >= 4 is 52.2 Å². The minimum Gasteiger partial charge on any atom is -0.481 e. The van der Waals surface area contributed by atoms with Crippen LogP contribution in [-0.2, 0) is 14.4 Å². The monoisotopic (exact) mass is 382 g/mol. The molecule has 1 fully saturated rings. The molecule has 2 N–H and O–H groups in total. The molecule has 0 atom stereocenters. The molecule has 132 valence electrons. The van der Waals surface area contributed by atoms with Gasteiger partial charge in [0.1, 0.15) is 10.1 Å². The molecular formula is C16H15FN2O4S2. The molecular weight excluding hydrogens is 367 g/mol. The highest BCUT2D eigenvalue weighted by atomic mass is 32.2. The summed E-state index contributed by atoms with van der Waals surface area (Å²) in [7, 11) is 0. The molecule has 1 saturated heterocycles. The zero-order valence-corrected chi connectivity index (χ0v) is 14.7. The largest absolute Gasteiger partial charge is 0.481 e. The first-order chi connectivity index (χ1) is 11.9. The summed E-state index contributed by atoms with van der Waals surface area (Å²) in [5.41, 5.74) is 0.286. The standard InChI is InChI=1S/C16H15FN2O4S2/c17-11-4-2-1-3-10(11)9-12-15(23)19(16(24)25-12)8-6-13(20)18-7-5-14(21)22/h1-4,9H,5-8H2,(H,18,20)(H,21,22)/b12-9-. The van der Waals surface area contributed by atoms with Gasteiger partial charge in [0.15, 0.2) is 0 Å². The van der Waals surface area contributed by atoms with Gasteiger partial charge in [-0.05, 0) is 12.1 Å². The van der Waals surface area contributed by atoms with Crippen LogP contribution in [-0.4, -0.2) is 45.2 Å². The molecule has 1 aliphatic rings. The molecule has 1 aliphatic heterocycles. The zero-order valence-electron chi connectivity index (χ0n) is 13.0. The van der Waals surface area contributed by atoms with Crippen LogP contribution in [0.15, 0.2) is 29.2 Å². The molecule has 0 bridgehead atoms. The first kappa shape index (κ1) is 19.1. The normalized spacial score (nSPS) is 15.7. The van der Waals surface area contributed by atoms with Crippen LogP contribution in [0.25, 0.3) is 6.08 Å². The predicted octanol–water partition coefficient (Wildman–Crippen LogP) is 2.01. The van der Waals surface area contributed by atoms with Crippen LogP contribution in [0.4, 0.5) is 4.39 Å². The summed E-state index contributed by atoms with van der Waals surface area (Å²) < 4.78 is 14.0. The van der Waals surface area contributed by atoms with Crippen LogP contribution >= 0.6 is 24.0 Å². The lowest BCUT2D eigenvalue weighted by Gasteiger charge is -2.13. The molecule has 0 unspecified atom stereocenters. The number of hydrogen-bond donors (Lipinski definition) is 2. The number of halogens is 1. The maximum absolute atomic E-state index is 13.7. The SMILES string of the molecule is O=C(O)CCNC(=O)CCN1C(=O)/C(=C/c2ccccc2F)SC1=S. The molecule has 0 aromatic heterocycles. The van der Waals surface area contributed by atoms with Gasteiger partial charge in [-0.2, -0.15) is 0 Å². The Morgan fingerprint density at radius 2 is 2.04 bits per heavy atom. The Morgan fingerprint density at radius 3 is 2.72 bits per heavy atom. The maximum Gasteiger partial charge on any atom is 0.305 e. The number of benzene rings is 1. The van der Waals surface area contributed by atoms with Gasteiger partial charge in [0.05, 0.1) is 11.3 Å². The first-order valence-corrected chi connectivity index (χ1v) is 8.59. The fraction of sp³-hybridized carbons (Fsp3) is 0.250. The average molecular weight is 382 g/mol. The summed E-state index contributed by atoms with van der Waals surface area (Å²) >= 11 is 6.19. The Balaban J connectivity index is 1.94. The van der Waals surface area contributed by atoms with E-state index >= 15 is 0 Å². The Bertz CT molecular complexity index is 751.